The molecule has 0 aromatic carbocycles. The van der Waals surface area contributed by atoms with Crippen LogP contribution in [0, 0.1) is 0 Å². The van der Waals surface area contributed by atoms with E-state index in [9.17, 15) is 0 Å². The average Bonchev–Trinajstić information content (AvgIpc) is 3.25. The molecule has 0 nitrogen and oxygen atoms in total. The van der Waals surface area contributed by atoms with Crippen molar-refractivity contribution in [1.82, 2.24) is 0 Å². The van der Waals surface area contributed by atoms with Gasteiger partial charge in [-0.15, -0.1) is 94.1 Å². The minimum Gasteiger partial charge on any atom is -0.117 e. The van der Waals surface area contributed by atoms with Crippen LogP contribution in [0.3, 0.4) is 0 Å². The van der Waals surface area contributed by atoms with E-state index in [1.54, 1.807) is 16.9 Å². The molecule has 2 heterocycles. The molecule has 0 N–H and O–H groups in total. The molecule has 0 aliphatic carbocycles. The van der Waals surface area contributed by atoms with Crippen molar-refractivity contribution < 1.29 is 0 Å². The van der Waals surface area contributed by atoms with E-state index in [2.05, 4.69) is 111 Å². The maximum absolute atomic E-state index is 3.57. The van der Waals surface area contributed by atoms with E-state index in [0.717, 1.165) is 44.3 Å². The van der Waals surface area contributed by atoms with Crippen LogP contribution < -0.4 is 0 Å². The number of rotatable bonds is 13. The van der Waals surface area contributed by atoms with Crippen LogP contribution in [0.15, 0.2) is 16.9 Å². The number of hydrogen-bond donors (Lipinski definition) is 0. The van der Waals surface area contributed by atoms with Crippen molar-refractivity contribution >= 4 is 158 Å². The molecule has 0 amide bonds. The van der Waals surface area contributed by atoms with Crippen molar-refractivity contribution in [2.24, 2.45) is 0 Å². The van der Waals surface area contributed by atoms with Gasteiger partial charge in [0.2, 0.25) is 0 Å². The Hall–Kier alpha value is 4.20. The summed E-state index contributed by atoms with van der Waals surface area (Å²) in [5, 5.41) is 4.23. The highest BCUT2D eigenvalue weighted by Crippen LogP contribution is 2.64. The van der Waals surface area contributed by atoms with Gasteiger partial charge in [-0.2, -0.15) is 0 Å². The molecule has 26 heavy (non-hydrogen) atoms. The fourth-order valence-electron chi connectivity index (χ4n) is 1.78. The first-order valence-corrected chi connectivity index (χ1v) is 19.6. The fourth-order valence-corrected chi connectivity index (χ4v) is 16.4. The molecule has 0 unspecified atom stereocenters. The zero-order valence-electron chi connectivity index (χ0n) is 13.6. The first-order valence-electron chi connectivity index (χ1n) is 7.63. The van der Waals surface area contributed by atoms with Crippen LogP contribution in [0.25, 0.3) is 0 Å². The Morgan fingerprint density at radius 3 is 0.923 bits per heavy atom. The van der Waals surface area contributed by atoms with Gasteiger partial charge in [-0.05, 0) is 0 Å². The fraction of sp³-hybridized carbons (Fsp3) is 0.714. The van der Waals surface area contributed by atoms with Crippen LogP contribution in [0.2, 0.25) is 0 Å². The summed E-state index contributed by atoms with van der Waals surface area (Å²) < 4.78 is 7.40. The van der Waals surface area contributed by atoms with Gasteiger partial charge in [0.25, 0.3) is 0 Å². The zero-order valence-corrected chi connectivity index (χ0v) is 26.5. The topological polar surface area (TPSA) is 0 Å². The molecular formula is C14H18Br4S8. The van der Waals surface area contributed by atoms with Crippen molar-refractivity contribution in [1.29, 1.82) is 0 Å². The second kappa shape index (κ2) is 15.9. The monoisotopic (exact) mass is 758 g/mol. The third-order valence-corrected chi connectivity index (χ3v) is 19.0. The van der Waals surface area contributed by atoms with Gasteiger partial charge in [0, 0.05) is 44.3 Å². The van der Waals surface area contributed by atoms with Crippen molar-refractivity contribution in [3.63, 3.8) is 0 Å². The highest BCUT2D eigenvalue weighted by atomic mass is 79.9. The van der Waals surface area contributed by atoms with E-state index in [1.807, 2.05) is 47.0 Å². The molecule has 0 saturated carbocycles. The van der Waals surface area contributed by atoms with E-state index in [0.29, 0.717) is 9.16 Å². The van der Waals surface area contributed by atoms with Gasteiger partial charge < -0.3 is 0 Å². The van der Waals surface area contributed by atoms with E-state index >= 15 is 0 Å². The Labute approximate surface area is 225 Å². The van der Waals surface area contributed by atoms with Crippen LogP contribution in [0.1, 0.15) is 0 Å². The lowest BCUT2D eigenvalue weighted by molar-refractivity contribution is 1.39. The quantitative estimate of drug-likeness (QED) is 0.168. The second-order valence-corrected chi connectivity index (χ2v) is 18.3. The molecule has 0 saturated heterocycles. The lowest BCUT2D eigenvalue weighted by Crippen LogP contribution is -2.07. The second-order valence-electron chi connectivity index (χ2n) is 4.51. The standard InChI is InChI=1S/C14H18Br4S8/c15-1-5-19-9-10(20-6-2-16)24-13(23-9)14-25-11(21-7-3-17)12(26-14)22-8-4-18/h13-14H,1-8H2. The van der Waals surface area contributed by atoms with Gasteiger partial charge in [-0.25, -0.2) is 0 Å². The summed E-state index contributed by atoms with van der Waals surface area (Å²) in [5.41, 5.74) is 0. The van der Waals surface area contributed by atoms with Crippen LogP contribution in [-0.2, 0) is 0 Å². The molecule has 0 aromatic heterocycles. The maximum atomic E-state index is 3.57. The van der Waals surface area contributed by atoms with Crippen molar-refractivity contribution in [3.05, 3.63) is 16.9 Å². The molecule has 150 valence electrons. The van der Waals surface area contributed by atoms with Gasteiger partial charge in [0.15, 0.2) is 0 Å². The first kappa shape index (κ1) is 26.5. The molecule has 2 aliphatic rings. The SMILES string of the molecule is BrCCSC1=C(SCCBr)SC(C2SC(SCCBr)=C(SCCBr)S2)S1. The van der Waals surface area contributed by atoms with Crippen molar-refractivity contribution in [2.45, 2.75) is 9.16 Å². The summed E-state index contributed by atoms with van der Waals surface area (Å²) in [5.74, 6) is 4.59. The summed E-state index contributed by atoms with van der Waals surface area (Å²) in [7, 11) is 0. The molecule has 0 aromatic rings. The zero-order chi connectivity index (χ0) is 18.8. The predicted octanol–water partition coefficient (Wildman–Crippen LogP) is 9.36. The van der Waals surface area contributed by atoms with Gasteiger partial charge in [-0.1, -0.05) is 63.7 Å². The molecule has 0 fully saturated rings. The molecule has 0 atom stereocenters. The number of hydrogen-bond acceptors (Lipinski definition) is 8. The first-order chi connectivity index (χ1) is 12.7. The summed E-state index contributed by atoms with van der Waals surface area (Å²) in [6.07, 6.45) is 0. The lowest BCUT2D eigenvalue weighted by Gasteiger charge is -2.16. The summed E-state index contributed by atoms with van der Waals surface area (Å²) in [4.78, 5) is 0. The molecule has 0 spiro atoms. The number of thioether (sulfide) groups is 8. The summed E-state index contributed by atoms with van der Waals surface area (Å²) in [6, 6.07) is 0. The molecule has 2 aliphatic heterocycles. The Balaban J connectivity index is 1.96. The minimum absolute atomic E-state index is 0.613. The highest BCUT2D eigenvalue weighted by Gasteiger charge is 2.38. The van der Waals surface area contributed by atoms with E-state index < -0.39 is 0 Å². The van der Waals surface area contributed by atoms with Crippen LogP contribution in [0.4, 0.5) is 0 Å². The van der Waals surface area contributed by atoms with Gasteiger partial charge >= 0.3 is 0 Å². The van der Waals surface area contributed by atoms with Crippen LogP contribution in [-0.4, -0.2) is 53.5 Å². The van der Waals surface area contributed by atoms with E-state index in [1.165, 1.54) is 0 Å². The number of halogens is 4. The van der Waals surface area contributed by atoms with Crippen molar-refractivity contribution in [2.75, 3.05) is 44.3 Å². The summed E-state index contributed by atoms with van der Waals surface area (Å²) >= 11 is 30.8. The van der Waals surface area contributed by atoms with Crippen LogP contribution >= 0.6 is 158 Å². The minimum atomic E-state index is 0.613. The lowest BCUT2D eigenvalue weighted by atomic mass is 10.9. The highest BCUT2D eigenvalue weighted by molar-refractivity contribution is 9.09. The smallest absolute Gasteiger partial charge is 0.0825 e. The number of alkyl halides is 4. The van der Waals surface area contributed by atoms with Gasteiger partial charge in [0.05, 0.1) is 26.1 Å². The van der Waals surface area contributed by atoms with E-state index in [4.69, 9.17) is 0 Å². The van der Waals surface area contributed by atoms with Crippen LogP contribution in [0.5, 0.6) is 0 Å². The van der Waals surface area contributed by atoms with Gasteiger partial charge in [-0.3, -0.25) is 0 Å². The average molecular weight is 762 g/mol. The molecule has 0 radical (unpaired) electrons. The Morgan fingerprint density at radius 2 is 0.731 bits per heavy atom. The molecule has 12 heteroatoms. The molecule has 0 bridgehead atoms. The molecular weight excluding hydrogens is 744 g/mol. The molecule has 2 rings (SSSR count). The maximum Gasteiger partial charge on any atom is 0.0825 e. The third-order valence-electron chi connectivity index (χ3n) is 2.69. The van der Waals surface area contributed by atoms with Gasteiger partial charge in [0.1, 0.15) is 0 Å². The Morgan fingerprint density at radius 1 is 0.500 bits per heavy atom. The summed E-state index contributed by atoms with van der Waals surface area (Å²) in [6.45, 7) is 0. The Bertz CT molecular complexity index is 417. The van der Waals surface area contributed by atoms with E-state index in [-0.39, 0.29) is 0 Å². The third kappa shape index (κ3) is 8.98. The predicted molar refractivity (Wildman–Crippen MR) is 157 cm³/mol. The van der Waals surface area contributed by atoms with Crippen molar-refractivity contribution in [3.8, 4) is 0 Å². The largest absolute Gasteiger partial charge is 0.117 e. The Kier molecular flexibility index (Phi) is 16.2. The normalized spacial score (nSPS) is 19.4.